The molecule has 7 nitrogen and oxygen atoms in total. The zero-order valence-corrected chi connectivity index (χ0v) is 20.5. The van der Waals surface area contributed by atoms with Gasteiger partial charge in [-0.1, -0.05) is 54.2 Å². The number of hydrogen-bond donors (Lipinski definition) is 1. The molecular weight excluding hydrogens is 472 g/mol. The number of carbonyl (C=O) groups is 1. The molecule has 36 heavy (non-hydrogen) atoms. The smallest absolute Gasteiger partial charge is 0.266 e. The SMILES string of the molecule is COc1ccccc1-n1c(SCC(=O)N2CCc3[nH]c4ccccc4c3C2)nc2ccccc2c1=O. The zero-order chi connectivity index (χ0) is 24.6. The second-order valence-electron chi connectivity index (χ2n) is 8.71. The average molecular weight is 497 g/mol. The van der Waals surface area contributed by atoms with Gasteiger partial charge in [-0.2, -0.15) is 0 Å². The highest BCUT2D eigenvalue weighted by atomic mass is 32.2. The van der Waals surface area contributed by atoms with Gasteiger partial charge in [-0.15, -0.1) is 0 Å². The molecule has 0 fully saturated rings. The number of aromatic nitrogens is 3. The van der Waals surface area contributed by atoms with E-state index in [1.54, 1.807) is 17.7 Å². The van der Waals surface area contributed by atoms with E-state index in [1.165, 1.54) is 28.4 Å². The van der Waals surface area contributed by atoms with Crippen molar-refractivity contribution in [1.29, 1.82) is 0 Å². The van der Waals surface area contributed by atoms with Crippen LogP contribution in [0, 0.1) is 0 Å². The molecule has 1 aliphatic heterocycles. The number of carbonyl (C=O) groups excluding carboxylic acids is 1. The van der Waals surface area contributed by atoms with E-state index in [0.29, 0.717) is 40.6 Å². The highest BCUT2D eigenvalue weighted by Crippen LogP contribution is 2.30. The number of hydrogen-bond acceptors (Lipinski definition) is 5. The van der Waals surface area contributed by atoms with Crippen molar-refractivity contribution in [3.05, 3.63) is 94.4 Å². The fourth-order valence-corrected chi connectivity index (χ4v) is 5.74. The quantitative estimate of drug-likeness (QED) is 0.285. The third kappa shape index (κ3) is 3.83. The van der Waals surface area contributed by atoms with Crippen molar-refractivity contribution >= 4 is 39.5 Å². The molecule has 5 aromatic rings. The molecule has 0 aliphatic carbocycles. The maximum absolute atomic E-state index is 13.6. The number of amides is 1. The molecular formula is C28H24N4O3S. The summed E-state index contributed by atoms with van der Waals surface area (Å²) in [5.74, 6) is 0.759. The topological polar surface area (TPSA) is 80.2 Å². The number of aromatic amines is 1. The molecule has 8 heteroatoms. The van der Waals surface area contributed by atoms with Crippen LogP contribution in [0.2, 0.25) is 0 Å². The van der Waals surface area contributed by atoms with Gasteiger partial charge in [-0.05, 0) is 30.3 Å². The van der Waals surface area contributed by atoms with Gasteiger partial charge in [0, 0.05) is 41.7 Å². The van der Waals surface area contributed by atoms with Gasteiger partial charge in [0.2, 0.25) is 5.91 Å². The first-order valence-electron chi connectivity index (χ1n) is 11.8. The lowest BCUT2D eigenvalue weighted by atomic mass is 10.0. The van der Waals surface area contributed by atoms with Gasteiger partial charge in [-0.25, -0.2) is 4.98 Å². The van der Waals surface area contributed by atoms with Crippen molar-refractivity contribution in [3.8, 4) is 11.4 Å². The maximum atomic E-state index is 13.6. The number of thioether (sulfide) groups is 1. The Morgan fingerprint density at radius 3 is 2.64 bits per heavy atom. The largest absolute Gasteiger partial charge is 0.495 e. The number of nitrogens with one attached hydrogen (secondary N) is 1. The Kier molecular flexibility index (Phi) is 5.73. The molecule has 1 amide bonds. The van der Waals surface area contributed by atoms with Crippen LogP contribution in [-0.2, 0) is 17.8 Å². The Bertz CT molecular complexity index is 1670. The Balaban J connectivity index is 1.32. The fourth-order valence-electron chi connectivity index (χ4n) is 4.83. The normalized spacial score (nSPS) is 13.2. The minimum absolute atomic E-state index is 0.0184. The summed E-state index contributed by atoms with van der Waals surface area (Å²) in [6, 6.07) is 22.8. The lowest BCUT2D eigenvalue weighted by Crippen LogP contribution is -2.37. The maximum Gasteiger partial charge on any atom is 0.266 e. The summed E-state index contributed by atoms with van der Waals surface area (Å²) in [7, 11) is 1.57. The van der Waals surface area contributed by atoms with E-state index in [0.717, 1.165) is 11.9 Å². The van der Waals surface area contributed by atoms with Crippen LogP contribution in [0.25, 0.3) is 27.5 Å². The van der Waals surface area contributed by atoms with Crippen molar-refractivity contribution in [2.45, 2.75) is 18.1 Å². The molecule has 1 N–H and O–H groups in total. The van der Waals surface area contributed by atoms with Crippen LogP contribution in [0.1, 0.15) is 11.3 Å². The van der Waals surface area contributed by atoms with Crippen LogP contribution in [0.15, 0.2) is 82.7 Å². The molecule has 180 valence electrons. The van der Waals surface area contributed by atoms with Crippen LogP contribution >= 0.6 is 11.8 Å². The van der Waals surface area contributed by atoms with E-state index in [1.807, 2.05) is 59.5 Å². The lowest BCUT2D eigenvalue weighted by molar-refractivity contribution is -0.129. The van der Waals surface area contributed by atoms with E-state index >= 15 is 0 Å². The van der Waals surface area contributed by atoms with Crippen molar-refractivity contribution < 1.29 is 9.53 Å². The number of fused-ring (bicyclic) bond motifs is 4. The van der Waals surface area contributed by atoms with Crippen LogP contribution in [0.5, 0.6) is 5.75 Å². The minimum atomic E-state index is -0.193. The fraction of sp³-hybridized carbons (Fsp3) is 0.179. The van der Waals surface area contributed by atoms with Crippen LogP contribution < -0.4 is 10.3 Å². The number of nitrogens with zero attached hydrogens (tertiary/aromatic N) is 3. The van der Waals surface area contributed by atoms with Gasteiger partial charge in [-0.3, -0.25) is 14.2 Å². The van der Waals surface area contributed by atoms with Gasteiger partial charge in [0.05, 0.1) is 29.5 Å². The van der Waals surface area contributed by atoms with Crippen LogP contribution in [-0.4, -0.2) is 44.7 Å². The van der Waals surface area contributed by atoms with Crippen LogP contribution in [0.3, 0.4) is 0 Å². The predicted octanol–water partition coefficient (Wildman–Crippen LogP) is 4.55. The lowest BCUT2D eigenvalue weighted by Gasteiger charge is -2.27. The molecule has 0 saturated heterocycles. The molecule has 0 saturated carbocycles. The van der Waals surface area contributed by atoms with Gasteiger partial charge >= 0.3 is 0 Å². The van der Waals surface area contributed by atoms with Crippen LogP contribution in [0.4, 0.5) is 0 Å². The van der Waals surface area contributed by atoms with Crippen molar-refractivity contribution in [1.82, 2.24) is 19.4 Å². The molecule has 1 aliphatic rings. The average Bonchev–Trinajstić information content (AvgIpc) is 3.30. The molecule has 0 atom stereocenters. The van der Waals surface area contributed by atoms with Gasteiger partial charge in [0.15, 0.2) is 5.16 Å². The van der Waals surface area contributed by atoms with Gasteiger partial charge in [0.1, 0.15) is 5.75 Å². The molecule has 0 unspecified atom stereocenters. The molecule has 6 rings (SSSR count). The summed E-state index contributed by atoms with van der Waals surface area (Å²) in [6.45, 7) is 1.23. The first-order chi connectivity index (χ1) is 17.6. The number of methoxy groups -OCH3 is 1. The Morgan fingerprint density at radius 1 is 1.03 bits per heavy atom. The summed E-state index contributed by atoms with van der Waals surface area (Å²) < 4.78 is 7.08. The zero-order valence-electron chi connectivity index (χ0n) is 19.7. The molecule has 2 aromatic heterocycles. The summed E-state index contributed by atoms with van der Waals surface area (Å²) in [5.41, 5.74) is 4.50. The number of para-hydroxylation sites is 4. The summed E-state index contributed by atoms with van der Waals surface area (Å²) in [6.07, 6.45) is 0.792. The summed E-state index contributed by atoms with van der Waals surface area (Å²) in [5, 5.41) is 2.14. The standard InChI is InChI=1S/C28H24N4O3S/c1-35-25-13-7-6-12-24(25)32-27(34)19-9-3-5-11-22(19)30-28(32)36-17-26(33)31-15-14-23-20(16-31)18-8-2-4-10-21(18)29-23/h2-13,29H,14-17H2,1H3. The van der Waals surface area contributed by atoms with Gasteiger partial charge < -0.3 is 14.6 Å². The number of benzene rings is 3. The van der Waals surface area contributed by atoms with Crippen molar-refractivity contribution in [3.63, 3.8) is 0 Å². The molecule has 0 bridgehead atoms. The number of rotatable bonds is 5. The summed E-state index contributed by atoms with van der Waals surface area (Å²) in [4.78, 5) is 37.0. The highest BCUT2D eigenvalue weighted by molar-refractivity contribution is 7.99. The monoisotopic (exact) mass is 496 g/mol. The highest BCUT2D eigenvalue weighted by Gasteiger charge is 2.25. The second kappa shape index (κ2) is 9.20. The Labute approximate surface area is 211 Å². The van der Waals surface area contributed by atoms with Gasteiger partial charge in [0.25, 0.3) is 5.56 Å². The predicted molar refractivity (Wildman–Crippen MR) is 142 cm³/mol. The Morgan fingerprint density at radius 2 is 1.78 bits per heavy atom. The third-order valence-electron chi connectivity index (χ3n) is 6.63. The molecule has 0 radical (unpaired) electrons. The molecule has 0 spiro atoms. The van der Waals surface area contributed by atoms with E-state index in [2.05, 4.69) is 17.1 Å². The molecule has 3 heterocycles. The minimum Gasteiger partial charge on any atom is -0.495 e. The van der Waals surface area contributed by atoms with E-state index < -0.39 is 0 Å². The van der Waals surface area contributed by atoms with E-state index in [9.17, 15) is 9.59 Å². The van der Waals surface area contributed by atoms with Crippen molar-refractivity contribution in [2.75, 3.05) is 19.4 Å². The Hall–Kier alpha value is -4.04. The number of ether oxygens (including phenoxy) is 1. The van der Waals surface area contributed by atoms with E-state index in [4.69, 9.17) is 9.72 Å². The first-order valence-corrected chi connectivity index (χ1v) is 12.8. The first kappa shape index (κ1) is 22.4. The second-order valence-corrected chi connectivity index (χ2v) is 9.65. The number of H-pyrrole nitrogens is 1. The molecule has 3 aromatic carbocycles. The van der Waals surface area contributed by atoms with Crippen molar-refractivity contribution in [2.24, 2.45) is 0 Å². The van der Waals surface area contributed by atoms with E-state index in [-0.39, 0.29) is 17.2 Å². The third-order valence-corrected chi connectivity index (χ3v) is 7.55. The summed E-state index contributed by atoms with van der Waals surface area (Å²) >= 11 is 1.28.